The number of nitrogens with zero attached hydrogens (tertiary/aromatic N) is 1. The Labute approximate surface area is 82.4 Å². The molecule has 1 atom stereocenters. The van der Waals surface area contributed by atoms with E-state index < -0.39 is 0 Å². The predicted octanol–water partition coefficient (Wildman–Crippen LogP) is 1.98. The van der Waals surface area contributed by atoms with Gasteiger partial charge in [0.1, 0.15) is 0 Å². The standard InChI is InChI=1S/C9H15N3S/c1-11-9-12-8(5-13-9)7(10)4-6-2-3-6/h5-7H,2-4,10H2,1H3,(H,11,12)/t7-/m1/s1. The highest BCUT2D eigenvalue weighted by Crippen LogP contribution is 2.37. The lowest BCUT2D eigenvalue weighted by atomic mass is 10.1. The molecule has 1 aromatic rings. The van der Waals surface area contributed by atoms with E-state index in [2.05, 4.69) is 15.7 Å². The highest BCUT2D eigenvalue weighted by atomic mass is 32.1. The van der Waals surface area contributed by atoms with E-state index in [9.17, 15) is 0 Å². The Bertz CT molecular complexity index is 280. The number of anilines is 1. The van der Waals surface area contributed by atoms with E-state index in [1.165, 1.54) is 12.8 Å². The van der Waals surface area contributed by atoms with Gasteiger partial charge in [0.05, 0.1) is 5.69 Å². The second kappa shape index (κ2) is 3.64. The van der Waals surface area contributed by atoms with E-state index in [4.69, 9.17) is 5.73 Å². The summed E-state index contributed by atoms with van der Waals surface area (Å²) in [5.41, 5.74) is 7.06. The summed E-state index contributed by atoms with van der Waals surface area (Å²) in [6.45, 7) is 0. The Morgan fingerprint density at radius 1 is 1.77 bits per heavy atom. The van der Waals surface area contributed by atoms with Gasteiger partial charge in [0, 0.05) is 18.5 Å². The molecule has 0 bridgehead atoms. The van der Waals surface area contributed by atoms with E-state index in [0.717, 1.165) is 23.2 Å². The van der Waals surface area contributed by atoms with Crippen molar-refractivity contribution in [3.05, 3.63) is 11.1 Å². The molecule has 1 heterocycles. The van der Waals surface area contributed by atoms with Crippen molar-refractivity contribution in [1.82, 2.24) is 4.98 Å². The fourth-order valence-corrected chi connectivity index (χ4v) is 2.14. The Hall–Kier alpha value is -0.610. The highest BCUT2D eigenvalue weighted by molar-refractivity contribution is 7.13. The molecule has 3 nitrogen and oxygen atoms in total. The Balaban J connectivity index is 1.96. The van der Waals surface area contributed by atoms with Crippen LogP contribution < -0.4 is 11.1 Å². The first-order valence-corrected chi connectivity index (χ1v) is 5.56. The van der Waals surface area contributed by atoms with Gasteiger partial charge < -0.3 is 11.1 Å². The van der Waals surface area contributed by atoms with Crippen LogP contribution >= 0.6 is 11.3 Å². The van der Waals surface area contributed by atoms with Crippen molar-refractivity contribution in [2.75, 3.05) is 12.4 Å². The maximum atomic E-state index is 6.02. The molecule has 0 radical (unpaired) electrons. The van der Waals surface area contributed by atoms with Crippen LogP contribution in [0.1, 0.15) is 31.0 Å². The van der Waals surface area contributed by atoms with Crippen LogP contribution in [0.5, 0.6) is 0 Å². The second-order valence-corrected chi connectivity index (χ2v) is 4.47. The molecule has 1 aliphatic rings. The molecule has 1 saturated carbocycles. The summed E-state index contributed by atoms with van der Waals surface area (Å²) in [5.74, 6) is 0.870. The van der Waals surface area contributed by atoms with Gasteiger partial charge in [0.2, 0.25) is 0 Å². The lowest BCUT2D eigenvalue weighted by Gasteiger charge is -2.06. The fraction of sp³-hybridized carbons (Fsp3) is 0.667. The highest BCUT2D eigenvalue weighted by Gasteiger charge is 2.25. The summed E-state index contributed by atoms with van der Waals surface area (Å²) in [6, 6.07) is 0.144. The number of rotatable bonds is 4. The molecule has 72 valence electrons. The zero-order valence-corrected chi connectivity index (χ0v) is 8.60. The minimum absolute atomic E-state index is 0.144. The summed E-state index contributed by atoms with van der Waals surface area (Å²) in [5, 5.41) is 6.04. The molecule has 2 rings (SSSR count). The predicted molar refractivity (Wildman–Crippen MR) is 55.9 cm³/mol. The van der Waals surface area contributed by atoms with Crippen LogP contribution in [-0.4, -0.2) is 12.0 Å². The van der Waals surface area contributed by atoms with Gasteiger partial charge in [-0.15, -0.1) is 11.3 Å². The molecular formula is C9H15N3S. The molecule has 0 saturated heterocycles. The number of nitrogens with two attached hydrogens (primary N) is 1. The van der Waals surface area contributed by atoms with Gasteiger partial charge in [-0.25, -0.2) is 4.98 Å². The molecule has 1 aliphatic carbocycles. The van der Waals surface area contributed by atoms with Crippen LogP contribution in [-0.2, 0) is 0 Å². The Kier molecular flexibility index (Phi) is 2.51. The largest absolute Gasteiger partial charge is 0.365 e. The minimum Gasteiger partial charge on any atom is -0.365 e. The van der Waals surface area contributed by atoms with Crippen LogP contribution in [0.4, 0.5) is 5.13 Å². The number of nitrogens with one attached hydrogen (secondary N) is 1. The first-order chi connectivity index (χ1) is 6.29. The van der Waals surface area contributed by atoms with Crippen LogP contribution in [0.15, 0.2) is 5.38 Å². The van der Waals surface area contributed by atoms with Crippen LogP contribution in [0.3, 0.4) is 0 Å². The third kappa shape index (κ3) is 2.19. The maximum absolute atomic E-state index is 6.02. The summed E-state index contributed by atoms with van der Waals surface area (Å²) >= 11 is 1.62. The lowest BCUT2D eigenvalue weighted by molar-refractivity contribution is 0.586. The average Bonchev–Trinajstić information content (AvgIpc) is 2.82. The molecule has 0 aliphatic heterocycles. The van der Waals surface area contributed by atoms with Gasteiger partial charge >= 0.3 is 0 Å². The average molecular weight is 197 g/mol. The van der Waals surface area contributed by atoms with Crippen molar-refractivity contribution >= 4 is 16.5 Å². The van der Waals surface area contributed by atoms with Gasteiger partial charge in [-0.3, -0.25) is 0 Å². The van der Waals surface area contributed by atoms with Crippen molar-refractivity contribution in [3.63, 3.8) is 0 Å². The van der Waals surface area contributed by atoms with Crippen LogP contribution in [0, 0.1) is 5.92 Å². The first-order valence-electron chi connectivity index (χ1n) is 4.68. The molecule has 0 spiro atoms. The van der Waals surface area contributed by atoms with Crippen molar-refractivity contribution in [2.24, 2.45) is 11.7 Å². The summed E-state index contributed by atoms with van der Waals surface area (Å²) in [6.07, 6.45) is 3.82. The molecular weight excluding hydrogens is 182 g/mol. The van der Waals surface area contributed by atoms with Gasteiger partial charge in [-0.1, -0.05) is 12.8 Å². The molecule has 4 heteroatoms. The lowest BCUT2D eigenvalue weighted by Crippen LogP contribution is -2.11. The van der Waals surface area contributed by atoms with Crippen molar-refractivity contribution in [3.8, 4) is 0 Å². The molecule has 0 aromatic carbocycles. The third-order valence-corrected chi connectivity index (χ3v) is 3.28. The number of hydrogen-bond donors (Lipinski definition) is 2. The monoisotopic (exact) mass is 197 g/mol. The van der Waals surface area contributed by atoms with Crippen LogP contribution in [0.25, 0.3) is 0 Å². The first kappa shape index (κ1) is 8.97. The molecule has 0 unspecified atom stereocenters. The van der Waals surface area contributed by atoms with Crippen molar-refractivity contribution < 1.29 is 0 Å². The van der Waals surface area contributed by atoms with Gasteiger partial charge in [0.15, 0.2) is 5.13 Å². The van der Waals surface area contributed by atoms with Gasteiger partial charge in [-0.05, 0) is 12.3 Å². The van der Waals surface area contributed by atoms with Crippen LogP contribution in [0.2, 0.25) is 0 Å². The number of thiazole rings is 1. The van der Waals surface area contributed by atoms with E-state index in [0.29, 0.717) is 0 Å². The second-order valence-electron chi connectivity index (χ2n) is 3.61. The third-order valence-electron chi connectivity index (χ3n) is 2.40. The molecule has 1 aromatic heterocycles. The summed E-state index contributed by atoms with van der Waals surface area (Å²) in [7, 11) is 1.88. The van der Waals surface area contributed by atoms with E-state index in [-0.39, 0.29) is 6.04 Å². The zero-order valence-electron chi connectivity index (χ0n) is 7.79. The molecule has 13 heavy (non-hydrogen) atoms. The normalized spacial score (nSPS) is 18.6. The minimum atomic E-state index is 0.144. The molecule has 1 fully saturated rings. The molecule has 3 N–H and O–H groups in total. The Morgan fingerprint density at radius 3 is 3.08 bits per heavy atom. The Morgan fingerprint density at radius 2 is 2.54 bits per heavy atom. The number of aromatic nitrogens is 1. The molecule has 0 amide bonds. The maximum Gasteiger partial charge on any atom is 0.182 e. The topological polar surface area (TPSA) is 50.9 Å². The van der Waals surface area contributed by atoms with Crippen molar-refractivity contribution in [1.29, 1.82) is 0 Å². The summed E-state index contributed by atoms with van der Waals surface area (Å²) < 4.78 is 0. The van der Waals surface area contributed by atoms with E-state index >= 15 is 0 Å². The van der Waals surface area contributed by atoms with Crippen molar-refractivity contribution in [2.45, 2.75) is 25.3 Å². The number of hydrogen-bond acceptors (Lipinski definition) is 4. The quantitative estimate of drug-likeness (QED) is 0.776. The SMILES string of the molecule is CNc1nc([C@H](N)CC2CC2)cs1. The van der Waals surface area contributed by atoms with Gasteiger partial charge in [-0.2, -0.15) is 0 Å². The van der Waals surface area contributed by atoms with Gasteiger partial charge in [0.25, 0.3) is 0 Å². The van der Waals surface area contributed by atoms with E-state index in [1.54, 1.807) is 11.3 Å². The van der Waals surface area contributed by atoms with E-state index in [1.807, 2.05) is 7.05 Å². The smallest absolute Gasteiger partial charge is 0.182 e. The summed E-state index contributed by atoms with van der Waals surface area (Å²) in [4.78, 5) is 4.39. The zero-order chi connectivity index (χ0) is 9.26. The fourth-order valence-electron chi connectivity index (χ4n) is 1.40.